The highest BCUT2D eigenvalue weighted by atomic mass is 79.9. The van der Waals surface area contributed by atoms with Crippen LogP contribution in [0.15, 0.2) is 27.1 Å². The SMILES string of the molecule is CC1CN(C(=S)SC2CC(=O)N(c3ccc(Br)cc3Br)C2=O)CC(C)O1. The molecule has 9 heteroatoms. The van der Waals surface area contributed by atoms with Gasteiger partial charge in [-0.25, -0.2) is 4.90 Å². The number of halogens is 2. The third-order valence-corrected chi connectivity index (χ3v) is 6.96. The fourth-order valence-corrected chi connectivity index (χ4v) is 5.83. The molecular formula is C17H18Br2N2O3S2. The molecule has 2 saturated heterocycles. The minimum atomic E-state index is -0.487. The summed E-state index contributed by atoms with van der Waals surface area (Å²) in [6, 6.07) is 5.38. The maximum absolute atomic E-state index is 12.8. The number of carbonyl (C=O) groups is 2. The van der Waals surface area contributed by atoms with Crippen molar-refractivity contribution >= 4 is 77.7 Å². The number of morpholine rings is 1. The third-order valence-electron chi connectivity index (χ3n) is 4.18. The zero-order chi connectivity index (χ0) is 19.0. The number of nitrogens with zero attached hydrogens (tertiary/aromatic N) is 2. The van der Waals surface area contributed by atoms with Gasteiger partial charge in [-0.15, -0.1) is 0 Å². The van der Waals surface area contributed by atoms with Crippen molar-refractivity contribution in [2.24, 2.45) is 0 Å². The van der Waals surface area contributed by atoms with E-state index in [0.29, 0.717) is 27.6 Å². The van der Waals surface area contributed by atoms with Crippen LogP contribution in [-0.4, -0.2) is 51.6 Å². The molecule has 1 aromatic carbocycles. The van der Waals surface area contributed by atoms with Crippen LogP contribution in [-0.2, 0) is 14.3 Å². The summed E-state index contributed by atoms with van der Waals surface area (Å²) in [5.74, 6) is -0.429. The van der Waals surface area contributed by atoms with Gasteiger partial charge in [-0.3, -0.25) is 9.59 Å². The zero-order valence-electron chi connectivity index (χ0n) is 14.3. The lowest BCUT2D eigenvalue weighted by atomic mass is 10.2. The Balaban J connectivity index is 1.71. The fourth-order valence-electron chi connectivity index (χ4n) is 3.14. The van der Waals surface area contributed by atoms with Gasteiger partial charge in [-0.2, -0.15) is 0 Å². The number of amides is 2. The van der Waals surface area contributed by atoms with Crippen molar-refractivity contribution in [3.8, 4) is 0 Å². The Kier molecular flexibility index (Phi) is 6.44. The average Bonchev–Trinajstić information content (AvgIpc) is 2.81. The number of rotatable bonds is 2. The molecule has 2 aliphatic heterocycles. The minimum Gasteiger partial charge on any atom is -0.372 e. The van der Waals surface area contributed by atoms with Crippen molar-refractivity contribution in [3.63, 3.8) is 0 Å². The van der Waals surface area contributed by atoms with E-state index in [1.807, 2.05) is 26.0 Å². The van der Waals surface area contributed by atoms with Crippen molar-refractivity contribution < 1.29 is 14.3 Å². The molecule has 0 bridgehead atoms. The van der Waals surface area contributed by atoms with Gasteiger partial charge < -0.3 is 9.64 Å². The molecule has 2 fully saturated rings. The van der Waals surface area contributed by atoms with Crippen LogP contribution in [0.1, 0.15) is 20.3 Å². The van der Waals surface area contributed by atoms with E-state index >= 15 is 0 Å². The second-order valence-corrected chi connectivity index (χ2v) is 10.0. The van der Waals surface area contributed by atoms with E-state index in [1.165, 1.54) is 16.7 Å². The number of benzene rings is 1. The lowest BCUT2D eigenvalue weighted by Crippen LogP contribution is -2.47. The summed E-state index contributed by atoms with van der Waals surface area (Å²) in [5, 5.41) is -0.487. The lowest BCUT2D eigenvalue weighted by molar-refractivity contribution is -0.121. The van der Waals surface area contributed by atoms with Crippen LogP contribution < -0.4 is 4.90 Å². The molecule has 5 nitrogen and oxygen atoms in total. The van der Waals surface area contributed by atoms with Gasteiger partial charge in [0.2, 0.25) is 11.8 Å². The standard InChI is InChI=1S/C17H18Br2N2O3S2/c1-9-7-20(8-10(2)24-9)17(25)26-14-6-15(22)21(16(14)23)13-4-3-11(18)5-12(13)19/h3-5,9-10,14H,6-8H2,1-2H3. The van der Waals surface area contributed by atoms with Gasteiger partial charge in [0.15, 0.2) is 0 Å². The van der Waals surface area contributed by atoms with Crippen molar-refractivity contribution in [2.45, 2.75) is 37.7 Å². The summed E-state index contributed by atoms with van der Waals surface area (Å²) < 4.78 is 7.93. The minimum absolute atomic E-state index is 0.0911. The highest BCUT2D eigenvalue weighted by Gasteiger charge is 2.42. The van der Waals surface area contributed by atoms with Gasteiger partial charge in [0.05, 0.1) is 17.9 Å². The Morgan fingerprint density at radius 3 is 2.50 bits per heavy atom. The molecule has 2 amide bonds. The molecule has 0 spiro atoms. The maximum atomic E-state index is 12.8. The van der Waals surface area contributed by atoms with Crippen molar-refractivity contribution in [3.05, 3.63) is 27.1 Å². The van der Waals surface area contributed by atoms with E-state index in [1.54, 1.807) is 6.07 Å². The van der Waals surface area contributed by atoms with Crippen LogP contribution in [0.4, 0.5) is 5.69 Å². The van der Waals surface area contributed by atoms with E-state index in [0.717, 1.165) is 4.47 Å². The Labute approximate surface area is 179 Å². The Morgan fingerprint density at radius 1 is 1.23 bits per heavy atom. The van der Waals surface area contributed by atoms with Gasteiger partial charge in [0.25, 0.3) is 0 Å². The summed E-state index contributed by atoms with van der Waals surface area (Å²) in [5.41, 5.74) is 0.561. The number of anilines is 1. The average molecular weight is 522 g/mol. The monoisotopic (exact) mass is 520 g/mol. The van der Waals surface area contributed by atoms with E-state index in [9.17, 15) is 9.59 Å². The molecule has 2 aliphatic rings. The molecule has 1 aromatic rings. The Bertz CT molecular complexity index is 752. The first-order chi connectivity index (χ1) is 12.3. The molecule has 26 heavy (non-hydrogen) atoms. The number of thiocarbonyl (C=S) groups is 1. The number of hydrogen-bond donors (Lipinski definition) is 0. The van der Waals surface area contributed by atoms with E-state index in [2.05, 4.69) is 36.8 Å². The van der Waals surface area contributed by atoms with Gasteiger partial charge in [0.1, 0.15) is 9.57 Å². The van der Waals surface area contributed by atoms with Crippen LogP contribution in [0.2, 0.25) is 0 Å². The first-order valence-electron chi connectivity index (χ1n) is 8.19. The fraction of sp³-hybridized carbons (Fsp3) is 0.471. The number of thioether (sulfide) groups is 1. The Morgan fingerprint density at radius 2 is 1.88 bits per heavy atom. The summed E-state index contributed by atoms with van der Waals surface area (Å²) in [4.78, 5) is 28.6. The van der Waals surface area contributed by atoms with E-state index < -0.39 is 5.25 Å². The van der Waals surface area contributed by atoms with Crippen molar-refractivity contribution in [1.82, 2.24) is 4.90 Å². The third kappa shape index (κ3) is 4.32. The largest absolute Gasteiger partial charge is 0.372 e. The quantitative estimate of drug-likeness (QED) is 0.433. The Hall–Kier alpha value is -0.480. The number of hydrogen-bond acceptors (Lipinski definition) is 5. The highest BCUT2D eigenvalue weighted by Crippen LogP contribution is 2.36. The first kappa shape index (κ1) is 20.3. The predicted octanol–water partition coefficient (Wildman–Crippen LogP) is 3.97. The van der Waals surface area contributed by atoms with Crippen LogP contribution in [0.3, 0.4) is 0 Å². The normalized spacial score (nSPS) is 26.5. The molecule has 3 atom stereocenters. The molecule has 0 aliphatic carbocycles. The second kappa shape index (κ2) is 8.26. The van der Waals surface area contributed by atoms with Crippen LogP contribution in [0.5, 0.6) is 0 Å². The smallest absolute Gasteiger partial charge is 0.247 e. The molecule has 3 unspecified atom stereocenters. The van der Waals surface area contributed by atoms with Gasteiger partial charge in [0, 0.05) is 28.5 Å². The number of ether oxygens (including phenoxy) is 1. The van der Waals surface area contributed by atoms with Gasteiger partial charge in [-0.05, 0) is 48.0 Å². The molecule has 140 valence electrons. The molecule has 2 heterocycles. The van der Waals surface area contributed by atoms with Crippen molar-refractivity contribution in [1.29, 1.82) is 0 Å². The van der Waals surface area contributed by atoms with Gasteiger partial charge in [-0.1, -0.05) is 39.9 Å². The van der Waals surface area contributed by atoms with Crippen LogP contribution in [0, 0.1) is 0 Å². The summed E-state index contributed by atoms with van der Waals surface area (Å²) in [6.45, 7) is 5.42. The highest BCUT2D eigenvalue weighted by molar-refractivity contribution is 9.11. The summed E-state index contributed by atoms with van der Waals surface area (Å²) >= 11 is 13.7. The number of carbonyl (C=O) groups excluding carboxylic acids is 2. The topological polar surface area (TPSA) is 49.9 Å². The molecular weight excluding hydrogens is 504 g/mol. The molecule has 0 N–H and O–H groups in total. The second-order valence-electron chi connectivity index (χ2n) is 6.40. The number of imide groups is 1. The lowest BCUT2D eigenvalue weighted by Gasteiger charge is -2.36. The van der Waals surface area contributed by atoms with E-state index in [4.69, 9.17) is 17.0 Å². The predicted molar refractivity (Wildman–Crippen MR) is 115 cm³/mol. The van der Waals surface area contributed by atoms with Crippen LogP contribution >= 0.6 is 55.8 Å². The summed E-state index contributed by atoms with van der Waals surface area (Å²) in [6.07, 6.45) is 0.337. The molecule has 0 saturated carbocycles. The summed E-state index contributed by atoms with van der Waals surface area (Å²) in [7, 11) is 0. The van der Waals surface area contributed by atoms with E-state index in [-0.39, 0.29) is 30.4 Å². The zero-order valence-corrected chi connectivity index (χ0v) is 19.1. The van der Waals surface area contributed by atoms with Crippen molar-refractivity contribution in [2.75, 3.05) is 18.0 Å². The molecule has 0 aromatic heterocycles. The van der Waals surface area contributed by atoms with Gasteiger partial charge >= 0.3 is 0 Å². The van der Waals surface area contributed by atoms with Crippen LogP contribution in [0.25, 0.3) is 0 Å². The first-order valence-corrected chi connectivity index (χ1v) is 11.1. The molecule has 0 radical (unpaired) electrons. The maximum Gasteiger partial charge on any atom is 0.247 e. The molecule has 3 rings (SSSR count).